The number of fused-ring (bicyclic) bond motifs is 1. The predicted octanol–water partition coefficient (Wildman–Crippen LogP) is 4.55. The minimum Gasteiger partial charge on any atom is -0.484 e. The Morgan fingerprint density at radius 1 is 1.06 bits per heavy atom. The van der Waals surface area contributed by atoms with E-state index >= 15 is 0 Å². The van der Waals surface area contributed by atoms with Crippen molar-refractivity contribution in [3.05, 3.63) is 102 Å². The van der Waals surface area contributed by atoms with Gasteiger partial charge in [-0.05, 0) is 26.0 Å². The first-order chi connectivity index (χ1) is 15.5. The molecule has 3 aromatic rings. The third-order valence-corrected chi connectivity index (χ3v) is 9.63. The Bertz CT molecular complexity index is 1120. The van der Waals surface area contributed by atoms with E-state index in [4.69, 9.17) is 21.3 Å². The third-order valence-electron chi connectivity index (χ3n) is 5.36. The number of hydrogen-bond acceptors (Lipinski definition) is 4. The average Bonchev–Trinajstić information content (AvgIpc) is 3.15. The fraction of sp³-hybridized carbons (Fsp3) is 0.192. The molecule has 0 amide bonds. The second kappa shape index (κ2) is 9.83. The maximum absolute atomic E-state index is 12.0. The second-order valence-electron chi connectivity index (χ2n) is 7.62. The number of aryl methyl sites for hydroxylation is 1. The fourth-order valence-corrected chi connectivity index (χ4v) is 7.37. The van der Waals surface area contributed by atoms with Crippen molar-refractivity contribution < 1.29 is 14.3 Å². The minimum absolute atomic E-state index is 0.207. The van der Waals surface area contributed by atoms with E-state index in [0.717, 1.165) is 27.5 Å². The Labute approximate surface area is 194 Å². The summed E-state index contributed by atoms with van der Waals surface area (Å²) in [4.78, 5) is 12.0. The van der Waals surface area contributed by atoms with E-state index in [1.54, 1.807) is 13.0 Å². The first-order valence-electron chi connectivity index (χ1n) is 10.6. The van der Waals surface area contributed by atoms with Crippen molar-refractivity contribution in [3.63, 3.8) is 0 Å². The number of carbonyl (C=O) groups excluding carboxylic acids is 1. The molecule has 0 aliphatic carbocycles. The molecule has 0 saturated carbocycles. The quantitative estimate of drug-likeness (QED) is 0.317. The van der Waals surface area contributed by atoms with Gasteiger partial charge < -0.3 is 9.47 Å². The Morgan fingerprint density at radius 2 is 1.69 bits per heavy atom. The molecule has 0 fully saturated rings. The summed E-state index contributed by atoms with van der Waals surface area (Å²) in [7, 11) is 0. The van der Waals surface area contributed by atoms with Crippen molar-refractivity contribution in [2.75, 3.05) is 6.61 Å². The van der Waals surface area contributed by atoms with E-state index in [2.05, 4.69) is 42.3 Å². The molecule has 1 heterocycles. The lowest BCUT2D eigenvalue weighted by Gasteiger charge is -2.30. The number of hydrogen-bond donors (Lipinski definition) is 1. The first-order valence-corrected chi connectivity index (χ1v) is 13.4. The van der Waals surface area contributed by atoms with Crippen molar-refractivity contribution >= 4 is 34.6 Å². The third kappa shape index (κ3) is 4.71. The highest BCUT2D eigenvalue weighted by Crippen LogP contribution is 2.47. The molecule has 1 aliphatic heterocycles. The SMILES string of the molecule is CCOC(=O)/C=C/[C@@H]1Oc2ccc(C)cc2[C@@H]1NP(=S)(c1ccccc1)c1ccccc1. The summed E-state index contributed by atoms with van der Waals surface area (Å²) >= 11 is 6.39. The topological polar surface area (TPSA) is 47.6 Å². The summed E-state index contributed by atoms with van der Waals surface area (Å²) in [5.41, 5.74) is 2.19. The highest BCUT2D eigenvalue weighted by molar-refractivity contribution is 8.20. The molecule has 0 saturated heterocycles. The van der Waals surface area contributed by atoms with Crippen LogP contribution in [0.2, 0.25) is 0 Å². The molecule has 6 heteroatoms. The second-order valence-corrected chi connectivity index (χ2v) is 11.8. The zero-order chi connectivity index (χ0) is 22.6. The maximum atomic E-state index is 12.0. The monoisotopic (exact) mass is 463 g/mol. The van der Waals surface area contributed by atoms with E-state index in [0.29, 0.717) is 6.61 Å². The molecule has 4 nitrogen and oxygen atoms in total. The summed E-state index contributed by atoms with van der Waals surface area (Å²) in [5, 5.41) is 5.97. The molecular weight excluding hydrogens is 437 g/mol. The minimum atomic E-state index is -2.39. The molecule has 32 heavy (non-hydrogen) atoms. The van der Waals surface area contributed by atoms with E-state index in [-0.39, 0.29) is 18.1 Å². The highest BCUT2D eigenvalue weighted by Gasteiger charge is 2.37. The molecule has 0 spiro atoms. The van der Waals surface area contributed by atoms with E-state index in [9.17, 15) is 4.79 Å². The standard InChI is InChI=1S/C26H26NO3PS/c1-3-29-25(28)17-16-24-26(22-18-19(2)14-15-23(22)30-24)27-31(32,20-10-6-4-7-11-20)21-12-8-5-9-13-21/h4-18,24,26H,3H2,1-2H3,(H,27,32)/b17-16+/t24-,26-/m0/s1. The van der Waals surface area contributed by atoms with Crippen LogP contribution in [0.4, 0.5) is 0 Å². The van der Waals surface area contributed by atoms with Gasteiger partial charge in [-0.1, -0.05) is 90.2 Å². The smallest absolute Gasteiger partial charge is 0.330 e. The molecular formula is C26H26NO3PS. The van der Waals surface area contributed by atoms with Gasteiger partial charge in [-0.3, -0.25) is 5.09 Å². The van der Waals surface area contributed by atoms with Crippen molar-refractivity contribution in [3.8, 4) is 5.75 Å². The Balaban J connectivity index is 1.77. The van der Waals surface area contributed by atoms with E-state index < -0.39 is 6.19 Å². The summed E-state index contributed by atoms with van der Waals surface area (Å²) in [5.74, 6) is 0.418. The number of esters is 1. The number of benzene rings is 3. The molecule has 0 bridgehead atoms. The summed E-state index contributed by atoms with van der Waals surface area (Å²) in [6.07, 6.45) is 0.434. The molecule has 0 aromatic heterocycles. The van der Waals surface area contributed by atoms with Crippen molar-refractivity contribution in [2.24, 2.45) is 0 Å². The van der Waals surface area contributed by atoms with Gasteiger partial charge in [-0.2, -0.15) is 0 Å². The molecule has 164 valence electrons. The largest absolute Gasteiger partial charge is 0.484 e. The molecule has 0 radical (unpaired) electrons. The van der Waals surface area contributed by atoms with Crippen LogP contribution in [0.25, 0.3) is 0 Å². The lowest BCUT2D eigenvalue weighted by Crippen LogP contribution is -2.34. The number of carbonyl (C=O) groups is 1. The van der Waals surface area contributed by atoms with Crippen LogP contribution in [0, 0.1) is 6.92 Å². The predicted molar refractivity (Wildman–Crippen MR) is 134 cm³/mol. The van der Waals surface area contributed by atoms with Gasteiger partial charge in [0.25, 0.3) is 0 Å². The van der Waals surface area contributed by atoms with Gasteiger partial charge in [0.1, 0.15) is 11.9 Å². The zero-order valence-electron chi connectivity index (χ0n) is 18.1. The van der Waals surface area contributed by atoms with Gasteiger partial charge >= 0.3 is 5.97 Å². The number of ether oxygens (including phenoxy) is 2. The van der Waals surface area contributed by atoms with Gasteiger partial charge in [-0.25, -0.2) is 4.79 Å². The summed E-state index contributed by atoms with van der Waals surface area (Å²) in [6.45, 7) is 4.18. The van der Waals surface area contributed by atoms with E-state index in [1.165, 1.54) is 6.08 Å². The molecule has 0 unspecified atom stereocenters. The van der Waals surface area contributed by atoms with Crippen LogP contribution in [0.15, 0.2) is 91.0 Å². The van der Waals surface area contributed by atoms with Gasteiger partial charge in [0.05, 0.1) is 18.8 Å². The highest BCUT2D eigenvalue weighted by atomic mass is 32.4. The molecule has 3 aromatic carbocycles. The van der Waals surface area contributed by atoms with Crippen LogP contribution in [-0.2, 0) is 21.3 Å². The van der Waals surface area contributed by atoms with Crippen LogP contribution in [0.5, 0.6) is 5.75 Å². The summed E-state index contributed by atoms with van der Waals surface area (Å²) in [6, 6.07) is 26.3. The van der Waals surface area contributed by atoms with Crippen molar-refractivity contribution in [1.82, 2.24) is 5.09 Å². The molecule has 4 rings (SSSR count). The van der Waals surface area contributed by atoms with Crippen LogP contribution in [0.3, 0.4) is 0 Å². The average molecular weight is 464 g/mol. The number of rotatable bonds is 7. The summed E-state index contributed by atoms with van der Waals surface area (Å²) < 4.78 is 11.3. The van der Waals surface area contributed by atoms with Crippen LogP contribution < -0.4 is 20.4 Å². The Morgan fingerprint density at radius 3 is 2.28 bits per heavy atom. The van der Waals surface area contributed by atoms with Gasteiger partial charge in [0.2, 0.25) is 0 Å². The van der Waals surface area contributed by atoms with Gasteiger partial charge in [0, 0.05) is 22.2 Å². The van der Waals surface area contributed by atoms with Crippen LogP contribution in [-0.4, -0.2) is 18.7 Å². The van der Waals surface area contributed by atoms with Gasteiger partial charge in [-0.15, -0.1) is 0 Å². The van der Waals surface area contributed by atoms with E-state index in [1.807, 2.05) is 48.5 Å². The Kier molecular flexibility index (Phi) is 6.90. The Hall–Kier alpha value is -2.72. The molecule has 2 atom stereocenters. The lowest BCUT2D eigenvalue weighted by molar-refractivity contribution is -0.137. The molecule has 1 N–H and O–H groups in total. The van der Waals surface area contributed by atoms with Gasteiger partial charge in [0.15, 0.2) is 0 Å². The maximum Gasteiger partial charge on any atom is 0.330 e. The fourth-order valence-electron chi connectivity index (χ4n) is 3.84. The van der Waals surface area contributed by atoms with Crippen LogP contribution >= 0.6 is 6.19 Å². The lowest BCUT2D eigenvalue weighted by atomic mass is 10.0. The zero-order valence-corrected chi connectivity index (χ0v) is 19.8. The van der Waals surface area contributed by atoms with Crippen LogP contribution in [0.1, 0.15) is 24.1 Å². The normalized spacial score (nSPS) is 17.7. The van der Waals surface area contributed by atoms with Crippen molar-refractivity contribution in [2.45, 2.75) is 26.0 Å². The molecule has 1 aliphatic rings. The number of nitrogens with one attached hydrogen (secondary N) is 1. The first kappa shape index (κ1) is 22.5. The van der Waals surface area contributed by atoms with Crippen molar-refractivity contribution in [1.29, 1.82) is 0 Å².